The molecule has 0 unspecified atom stereocenters. The number of hydrogen-bond donors (Lipinski definition) is 0. The van der Waals surface area contributed by atoms with Gasteiger partial charge >= 0.3 is 6.09 Å². The zero-order valence-electron chi connectivity index (χ0n) is 14.1. The zero-order chi connectivity index (χ0) is 16.9. The van der Waals surface area contributed by atoms with Crippen LogP contribution in [-0.2, 0) is 4.74 Å². The van der Waals surface area contributed by atoms with Crippen molar-refractivity contribution in [3.05, 3.63) is 40.9 Å². The Morgan fingerprint density at radius 3 is 2.35 bits per heavy atom. The Morgan fingerprint density at radius 2 is 1.78 bits per heavy atom. The number of piperazine rings is 1. The summed E-state index contributed by atoms with van der Waals surface area (Å²) < 4.78 is 5.40. The van der Waals surface area contributed by atoms with Gasteiger partial charge in [0.15, 0.2) is 0 Å². The highest BCUT2D eigenvalue weighted by molar-refractivity contribution is 6.30. The number of ether oxygens (including phenoxy) is 1. The summed E-state index contributed by atoms with van der Waals surface area (Å²) in [4.78, 5) is 16.1. The lowest BCUT2D eigenvalue weighted by atomic mass is 10.2. The highest BCUT2D eigenvalue weighted by Crippen LogP contribution is 2.13. The maximum absolute atomic E-state index is 12.0. The number of hydrogen-bond acceptors (Lipinski definition) is 3. The monoisotopic (exact) mass is 336 g/mol. The third-order valence-electron chi connectivity index (χ3n) is 3.57. The van der Waals surface area contributed by atoms with E-state index < -0.39 is 5.60 Å². The van der Waals surface area contributed by atoms with E-state index in [0.717, 1.165) is 30.2 Å². The minimum Gasteiger partial charge on any atom is -0.444 e. The van der Waals surface area contributed by atoms with Crippen LogP contribution < -0.4 is 0 Å². The van der Waals surface area contributed by atoms with Gasteiger partial charge in [0.05, 0.1) is 0 Å². The maximum Gasteiger partial charge on any atom is 0.410 e. The van der Waals surface area contributed by atoms with Crippen LogP contribution in [0, 0.1) is 0 Å². The second kappa shape index (κ2) is 7.84. The molecule has 0 bridgehead atoms. The molecule has 0 atom stereocenters. The second-order valence-electron chi connectivity index (χ2n) is 6.72. The van der Waals surface area contributed by atoms with Gasteiger partial charge in [-0.1, -0.05) is 35.9 Å². The van der Waals surface area contributed by atoms with E-state index in [9.17, 15) is 4.79 Å². The molecule has 0 aliphatic carbocycles. The van der Waals surface area contributed by atoms with Gasteiger partial charge in [-0.3, -0.25) is 4.90 Å². The smallest absolute Gasteiger partial charge is 0.410 e. The largest absolute Gasteiger partial charge is 0.444 e. The van der Waals surface area contributed by atoms with Gasteiger partial charge in [-0.15, -0.1) is 0 Å². The summed E-state index contributed by atoms with van der Waals surface area (Å²) in [7, 11) is 0. The molecule has 1 saturated heterocycles. The third kappa shape index (κ3) is 6.24. The Bertz CT molecular complexity index is 541. The SMILES string of the molecule is CC(C)(C)OC(=O)N1CCN(CC=Cc2ccc(Cl)cc2)CC1. The Balaban J connectivity index is 1.74. The van der Waals surface area contributed by atoms with E-state index in [0.29, 0.717) is 13.1 Å². The fourth-order valence-electron chi connectivity index (χ4n) is 2.35. The molecule has 0 N–H and O–H groups in total. The number of nitrogens with zero attached hydrogens (tertiary/aromatic N) is 2. The molecule has 1 aliphatic heterocycles. The van der Waals surface area contributed by atoms with Gasteiger partial charge < -0.3 is 9.64 Å². The maximum atomic E-state index is 12.0. The normalized spacial score (nSPS) is 16.8. The van der Waals surface area contributed by atoms with Gasteiger partial charge in [0.2, 0.25) is 0 Å². The first-order chi connectivity index (χ1) is 10.8. The lowest BCUT2D eigenvalue weighted by Crippen LogP contribution is -2.49. The number of amides is 1. The number of carbonyl (C=O) groups excluding carboxylic acids is 1. The summed E-state index contributed by atoms with van der Waals surface area (Å²) in [5, 5.41) is 0.750. The molecule has 5 heteroatoms. The van der Waals surface area contributed by atoms with Crippen molar-refractivity contribution in [1.82, 2.24) is 9.80 Å². The van der Waals surface area contributed by atoms with Crippen LogP contribution >= 0.6 is 11.6 Å². The average molecular weight is 337 g/mol. The van der Waals surface area contributed by atoms with Crippen LogP contribution in [0.2, 0.25) is 5.02 Å². The van der Waals surface area contributed by atoms with E-state index >= 15 is 0 Å². The molecule has 1 fully saturated rings. The standard InChI is InChI=1S/C18H25ClN2O2/c1-18(2,3)23-17(22)21-13-11-20(12-14-21)10-4-5-15-6-8-16(19)9-7-15/h4-9H,10-14H2,1-3H3. The first kappa shape index (κ1) is 17.8. The van der Waals surface area contributed by atoms with E-state index in [1.807, 2.05) is 45.0 Å². The lowest BCUT2D eigenvalue weighted by molar-refractivity contribution is 0.0154. The Labute approximate surface area is 143 Å². The third-order valence-corrected chi connectivity index (χ3v) is 3.82. The van der Waals surface area contributed by atoms with E-state index in [1.165, 1.54) is 0 Å². The van der Waals surface area contributed by atoms with Crippen molar-refractivity contribution in [2.45, 2.75) is 26.4 Å². The number of rotatable bonds is 3. The van der Waals surface area contributed by atoms with Crippen molar-refractivity contribution in [3.63, 3.8) is 0 Å². The summed E-state index contributed by atoms with van der Waals surface area (Å²) >= 11 is 5.87. The van der Waals surface area contributed by atoms with Crippen molar-refractivity contribution in [1.29, 1.82) is 0 Å². The van der Waals surface area contributed by atoms with Crippen molar-refractivity contribution < 1.29 is 9.53 Å². The minimum atomic E-state index is -0.435. The predicted molar refractivity (Wildman–Crippen MR) is 94.7 cm³/mol. The summed E-state index contributed by atoms with van der Waals surface area (Å²) in [6.45, 7) is 9.71. The van der Waals surface area contributed by atoms with E-state index in [-0.39, 0.29) is 6.09 Å². The van der Waals surface area contributed by atoms with Crippen LogP contribution in [0.1, 0.15) is 26.3 Å². The molecule has 2 rings (SSSR count). The van der Waals surface area contributed by atoms with Crippen LogP contribution in [0.5, 0.6) is 0 Å². The number of carbonyl (C=O) groups is 1. The molecule has 4 nitrogen and oxygen atoms in total. The van der Waals surface area contributed by atoms with Gasteiger partial charge in [0, 0.05) is 37.7 Å². The van der Waals surface area contributed by atoms with Gasteiger partial charge in [0.1, 0.15) is 5.60 Å². The summed E-state index contributed by atoms with van der Waals surface area (Å²) in [6.07, 6.45) is 4.03. The van der Waals surface area contributed by atoms with Gasteiger partial charge in [0.25, 0.3) is 0 Å². The van der Waals surface area contributed by atoms with Gasteiger partial charge in [-0.05, 0) is 38.5 Å². The van der Waals surface area contributed by atoms with Crippen LogP contribution in [0.25, 0.3) is 6.08 Å². The second-order valence-corrected chi connectivity index (χ2v) is 7.16. The molecule has 1 aromatic rings. The zero-order valence-corrected chi connectivity index (χ0v) is 14.8. The first-order valence-corrected chi connectivity index (χ1v) is 8.34. The van der Waals surface area contributed by atoms with E-state index in [1.54, 1.807) is 4.90 Å². The van der Waals surface area contributed by atoms with Crippen molar-refractivity contribution in [2.24, 2.45) is 0 Å². The van der Waals surface area contributed by atoms with Crippen LogP contribution in [-0.4, -0.2) is 54.2 Å². The molecule has 0 spiro atoms. The molecule has 1 aliphatic rings. The first-order valence-electron chi connectivity index (χ1n) is 7.96. The Kier molecular flexibility index (Phi) is 6.08. The van der Waals surface area contributed by atoms with Crippen molar-refractivity contribution in [2.75, 3.05) is 32.7 Å². The summed E-state index contributed by atoms with van der Waals surface area (Å²) in [6, 6.07) is 7.78. The highest BCUT2D eigenvalue weighted by atomic mass is 35.5. The topological polar surface area (TPSA) is 32.8 Å². The predicted octanol–water partition coefficient (Wildman–Crippen LogP) is 3.91. The molecule has 1 heterocycles. The molecule has 1 amide bonds. The Hall–Kier alpha value is -1.52. The van der Waals surface area contributed by atoms with Crippen LogP contribution in [0.15, 0.2) is 30.3 Å². The summed E-state index contributed by atoms with van der Waals surface area (Å²) in [5.41, 5.74) is 0.706. The lowest BCUT2D eigenvalue weighted by Gasteiger charge is -2.35. The van der Waals surface area contributed by atoms with Crippen LogP contribution in [0.3, 0.4) is 0 Å². The molecular formula is C18H25ClN2O2. The molecule has 1 aromatic carbocycles. The molecule has 0 aromatic heterocycles. The van der Waals surface area contributed by atoms with E-state index in [4.69, 9.17) is 16.3 Å². The Morgan fingerprint density at radius 1 is 1.17 bits per heavy atom. The fourth-order valence-corrected chi connectivity index (χ4v) is 2.48. The van der Waals surface area contributed by atoms with Gasteiger partial charge in [-0.2, -0.15) is 0 Å². The van der Waals surface area contributed by atoms with E-state index in [2.05, 4.69) is 17.1 Å². The molecular weight excluding hydrogens is 312 g/mol. The number of halogens is 1. The highest BCUT2D eigenvalue weighted by Gasteiger charge is 2.25. The number of benzene rings is 1. The van der Waals surface area contributed by atoms with Gasteiger partial charge in [-0.25, -0.2) is 4.79 Å². The molecule has 126 valence electrons. The minimum absolute atomic E-state index is 0.214. The van der Waals surface area contributed by atoms with Crippen molar-refractivity contribution >= 4 is 23.8 Å². The summed E-state index contributed by atoms with van der Waals surface area (Å²) in [5.74, 6) is 0. The van der Waals surface area contributed by atoms with Crippen molar-refractivity contribution in [3.8, 4) is 0 Å². The molecule has 23 heavy (non-hydrogen) atoms. The molecule has 0 radical (unpaired) electrons. The molecule has 0 saturated carbocycles. The van der Waals surface area contributed by atoms with Crippen LogP contribution in [0.4, 0.5) is 4.79 Å². The fraction of sp³-hybridized carbons (Fsp3) is 0.500. The average Bonchev–Trinajstić information content (AvgIpc) is 2.48. The quantitative estimate of drug-likeness (QED) is 0.839.